The summed E-state index contributed by atoms with van der Waals surface area (Å²) in [5, 5.41) is 47.4. The van der Waals surface area contributed by atoms with Crippen LogP contribution in [0.15, 0.2) is 29.0 Å². The summed E-state index contributed by atoms with van der Waals surface area (Å²) in [5.41, 5.74) is 2.16. The number of aliphatic hydroxyl groups is 3. The summed E-state index contributed by atoms with van der Waals surface area (Å²) in [7, 11) is 6.24. The molecule has 0 saturated heterocycles. The van der Waals surface area contributed by atoms with Gasteiger partial charge in [0.05, 0.1) is 23.8 Å². The number of Topliss-reactive ketones (excluding diaryl/α,β-unsaturated/α-hetero) is 2. The summed E-state index contributed by atoms with van der Waals surface area (Å²) in [6, 6.07) is 2.07. The van der Waals surface area contributed by atoms with Crippen molar-refractivity contribution in [2.24, 2.45) is 17.6 Å². The second kappa shape index (κ2) is 8.89. The van der Waals surface area contributed by atoms with Gasteiger partial charge in [-0.05, 0) is 44.5 Å². The van der Waals surface area contributed by atoms with Crippen LogP contribution >= 0.6 is 0 Å². The van der Waals surface area contributed by atoms with E-state index in [1.807, 2.05) is 0 Å². The third-order valence-corrected chi connectivity index (χ3v) is 7.52. The Labute approximate surface area is 212 Å². The Kier molecular flexibility index (Phi) is 6.29. The zero-order valence-corrected chi connectivity index (χ0v) is 20.9. The molecule has 12 heteroatoms. The van der Waals surface area contributed by atoms with E-state index in [-0.39, 0.29) is 42.1 Å². The number of phenols is 1. The van der Waals surface area contributed by atoms with Crippen LogP contribution < -0.4 is 11.1 Å². The quantitative estimate of drug-likeness (QED) is 0.220. The predicted octanol–water partition coefficient (Wildman–Crippen LogP) is -0.536. The number of hydrogen-bond acceptors (Lipinski definition) is 10. The molecule has 1 aromatic carbocycles. The molecule has 0 heterocycles. The molecular weight excluding hydrogens is 484 g/mol. The van der Waals surface area contributed by atoms with Crippen LogP contribution in [0.3, 0.4) is 0 Å². The first-order valence-electron chi connectivity index (χ1n) is 11.7. The van der Waals surface area contributed by atoms with Gasteiger partial charge in [0.1, 0.15) is 22.8 Å². The van der Waals surface area contributed by atoms with Crippen molar-refractivity contribution < 1.29 is 39.6 Å². The molecular formula is C25H30N4O8. The Bertz CT molecular complexity index is 1300. The zero-order chi connectivity index (χ0) is 27.6. The molecule has 1 aromatic rings. The van der Waals surface area contributed by atoms with Crippen LogP contribution in [-0.2, 0) is 25.6 Å². The molecule has 0 spiro atoms. The van der Waals surface area contributed by atoms with E-state index in [4.69, 9.17) is 5.73 Å². The largest absolute Gasteiger partial charge is 0.508 e. The van der Waals surface area contributed by atoms with Crippen molar-refractivity contribution >= 4 is 34.8 Å². The maximum Gasteiger partial charge on any atom is 0.255 e. The Balaban J connectivity index is 1.85. The van der Waals surface area contributed by atoms with Crippen molar-refractivity contribution in [1.82, 2.24) is 9.80 Å². The van der Waals surface area contributed by atoms with E-state index in [1.54, 1.807) is 40.3 Å². The number of amides is 2. The van der Waals surface area contributed by atoms with Crippen LogP contribution in [0.25, 0.3) is 5.76 Å². The van der Waals surface area contributed by atoms with Gasteiger partial charge in [-0.1, -0.05) is 6.07 Å². The Hall–Kier alpha value is -3.90. The minimum absolute atomic E-state index is 0.0177. The van der Waals surface area contributed by atoms with Crippen molar-refractivity contribution in [1.29, 1.82) is 0 Å². The van der Waals surface area contributed by atoms with Crippen molar-refractivity contribution in [2.75, 3.05) is 40.1 Å². The number of fused-ring (bicyclic) bond motifs is 3. The van der Waals surface area contributed by atoms with Crippen LogP contribution in [0.5, 0.6) is 5.75 Å². The number of phenolic OH excluding ortho intramolecular Hbond substituents is 1. The normalized spacial score (nSPS) is 27.0. The van der Waals surface area contributed by atoms with E-state index in [1.165, 1.54) is 9.80 Å². The van der Waals surface area contributed by atoms with Gasteiger partial charge in [-0.25, -0.2) is 0 Å². The Morgan fingerprint density at radius 3 is 2.35 bits per heavy atom. The molecule has 3 aliphatic carbocycles. The number of nitrogens with one attached hydrogen (secondary N) is 1. The number of benzene rings is 1. The molecule has 12 nitrogen and oxygen atoms in total. The summed E-state index contributed by atoms with van der Waals surface area (Å²) in [6.07, 6.45) is 0.211. The zero-order valence-electron chi connectivity index (χ0n) is 20.9. The molecule has 0 aromatic heterocycles. The highest BCUT2D eigenvalue weighted by molar-refractivity contribution is 6.24. The van der Waals surface area contributed by atoms with Gasteiger partial charge in [0.2, 0.25) is 11.7 Å². The second-order valence-corrected chi connectivity index (χ2v) is 10.1. The number of aromatic hydroxyl groups is 1. The molecule has 7 N–H and O–H groups in total. The van der Waals surface area contributed by atoms with Gasteiger partial charge >= 0.3 is 0 Å². The second-order valence-electron chi connectivity index (χ2n) is 10.1. The lowest BCUT2D eigenvalue weighted by atomic mass is 9.57. The number of anilines is 1. The third-order valence-electron chi connectivity index (χ3n) is 7.52. The van der Waals surface area contributed by atoms with Gasteiger partial charge < -0.3 is 36.4 Å². The summed E-state index contributed by atoms with van der Waals surface area (Å²) in [5.74, 6) is -7.30. The predicted molar refractivity (Wildman–Crippen MR) is 131 cm³/mol. The molecule has 4 rings (SSSR count). The molecule has 37 heavy (non-hydrogen) atoms. The fraction of sp³-hybridized carbons (Fsp3) is 0.440. The van der Waals surface area contributed by atoms with E-state index in [0.29, 0.717) is 5.56 Å². The molecule has 3 aliphatic rings. The van der Waals surface area contributed by atoms with Crippen LogP contribution in [0.1, 0.15) is 17.5 Å². The first kappa shape index (κ1) is 26.2. The lowest BCUT2D eigenvalue weighted by Gasteiger charge is -2.50. The van der Waals surface area contributed by atoms with Crippen molar-refractivity contribution in [2.45, 2.75) is 24.5 Å². The fourth-order valence-corrected chi connectivity index (χ4v) is 5.69. The van der Waals surface area contributed by atoms with Gasteiger partial charge in [-0.15, -0.1) is 0 Å². The molecule has 198 valence electrons. The van der Waals surface area contributed by atoms with E-state index in [9.17, 15) is 39.6 Å². The third kappa shape index (κ3) is 3.75. The van der Waals surface area contributed by atoms with Gasteiger partial charge in [0, 0.05) is 25.6 Å². The SMILES string of the molecule is CN(C)C(=O)CNc1ccc2c(c1O)C(O)=C1C(=O)[C@@]3(O)C(O)=C(C(N)=O)C(=O)[C@@H](N(C)C)[C@H]3C[C@H]1C2. The first-order valence-corrected chi connectivity index (χ1v) is 11.7. The van der Waals surface area contributed by atoms with E-state index < -0.39 is 63.8 Å². The van der Waals surface area contributed by atoms with Crippen LogP contribution in [0.2, 0.25) is 0 Å². The summed E-state index contributed by atoms with van der Waals surface area (Å²) in [4.78, 5) is 53.6. The molecule has 0 bridgehead atoms. The highest BCUT2D eigenvalue weighted by atomic mass is 16.3. The number of likely N-dealkylation sites (N-methyl/N-ethyl adjacent to an activating group) is 2. The Morgan fingerprint density at radius 1 is 1.14 bits per heavy atom. The number of nitrogens with zero attached hydrogens (tertiary/aromatic N) is 2. The maximum absolute atomic E-state index is 13.8. The number of rotatable bonds is 5. The van der Waals surface area contributed by atoms with Crippen molar-refractivity contribution in [3.8, 4) is 5.75 Å². The summed E-state index contributed by atoms with van der Waals surface area (Å²) < 4.78 is 0. The van der Waals surface area contributed by atoms with Gasteiger partial charge in [-0.2, -0.15) is 0 Å². The van der Waals surface area contributed by atoms with E-state index in [2.05, 4.69) is 5.32 Å². The average molecular weight is 515 g/mol. The van der Waals surface area contributed by atoms with E-state index >= 15 is 0 Å². The molecule has 0 radical (unpaired) electrons. The molecule has 4 atom stereocenters. The molecule has 0 aliphatic heterocycles. The molecule has 1 fully saturated rings. The van der Waals surface area contributed by atoms with Gasteiger partial charge in [-0.3, -0.25) is 24.1 Å². The molecule has 0 unspecified atom stereocenters. The Morgan fingerprint density at radius 2 is 1.78 bits per heavy atom. The van der Waals surface area contributed by atoms with E-state index in [0.717, 1.165) is 0 Å². The average Bonchev–Trinajstić information content (AvgIpc) is 2.80. The maximum atomic E-state index is 13.8. The van der Waals surface area contributed by atoms with Crippen LogP contribution in [0.4, 0.5) is 5.69 Å². The summed E-state index contributed by atoms with van der Waals surface area (Å²) in [6.45, 7) is -0.131. The lowest BCUT2D eigenvalue weighted by molar-refractivity contribution is -0.153. The number of nitrogens with two attached hydrogens (primary N) is 1. The summed E-state index contributed by atoms with van der Waals surface area (Å²) >= 11 is 0. The molecule has 1 saturated carbocycles. The van der Waals surface area contributed by atoms with Crippen LogP contribution in [-0.4, -0.2) is 100.0 Å². The minimum atomic E-state index is -2.69. The highest BCUT2D eigenvalue weighted by Crippen LogP contribution is 2.53. The highest BCUT2D eigenvalue weighted by Gasteiger charge is 2.64. The standard InChI is InChI=1S/C25H30N4O8/c1-28(2)14(30)9-27-13-6-5-10-7-11-8-12-18(29(3)4)21(33)17(24(26)36)23(35)25(12,37)22(34)16(11)20(32)15(10)19(13)31/h5-6,11-12,18,27,31-32,35,37H,7-9H2,1-4H3,(H2,26,36)/t11-,12-,18+,25-/m1/s1. The van der Waals surface area contributed by atoms with Gasteiger partial charge in [0.15, 0.2) is 11.4 Å². The molecule has 2 amide bonds. The topological polar surface area (TPSA) is 194 Å². The van der Waals surface area contributed by atoms with Crippen molar-refractivity contribution in [3.05, 3.63) is 40.2 Å². The first-order chi connectivity index (χ1) is 17.2. The fourth-order valence-electron chi connectivity index (χ4n) is 5.69. The number of carbonyl (C=O) groups is 4. The van der Waals surface area contributed by atoms with Crippen molar-refractivity contribution in [3.63, 3.8) is 0 Å². The number of aliphatic hydroxyl groups excluding tert-OH is 2. The number of primary amides is 1. The number of carbonyl (C=O) groups excluding carboxylic acids is 4. The number of hydrogen-bond donors (Lipinski definition) is 6. The lowest BCUT2D eigenvalue weighted by Crippen LogP contribution is -2.65. The monoisotopic (exact) mass is 514 g/mol. The van der Waals surface area contributed by atoms with Crippen LogP contribution in [0, 0.1) is 11.8 Å². The van der Waals surface area contributed by atoms with Gasteiger partial charge in [0.25, 0.3) is 5.91 Å². The minimum Gasteiger partial charge on any atom is -0.508 e. The smallest absolute Gasteiger partial charge is 0.255 e. The number of ketones is 2.